The van der Waals surface area contributed by atoms with Crippen LogP contribution in [0, 0.1) is 0 Å². The molecule has 1 aromatic rings. The summed E-state index contributed by atoms with van der Waals surface area (Å²) in [5.74, 6) is -0.0369. The summed E-state index contributed by atoms with van der Waals surface area (Å²) >= 11 is 4.73. The van der Waals surface area contributed by atoms with E-state index in [0.29, 0.717) is 6.42 Å². The zero-order chi connectivity index (χ0) is 15.1. The molecule has 9 heteroatoms. The minimum atomic E-state index is -4.54. The first-order valence-electron chi connectivity index (χ1n) is 5.64. The summed E-state index contributed by atoms with van der Waals surface area (Å²) in [4.78, 5) is -0.270. The van der Waals surface area contributed by atoms with Crippen molar-refractivity contribution in [1.29, 1.82) is 0 Å². The van der Waals surface area contributed by atoms with E-state index in [0.717, 1.165) is 22.5 Å². The van der Waals surface area contributed by atoms with Crippen LogP contribution in [0.4, 0.5) is 18.9 Å². The number of nitrogens with two attached hydrogens (primary N) is 1. The first kappa shape index (κ1) is 15.0. The number of hydrogen-bond donors (Lipinski definition) is 1. The fourth-order valence-electron chi connectivity index (χ4n) is 2.04. The van der Waals surface area contributed by atoms with Gasteiger partial charge in [0.15, 0.2) is 0 Å². The number of benzene rings is 1. The molecule has 1 aliphatic rings. The lowest BCUT2D eigenvalue weighted by molar-refractivity contribution is -0.137. The molecule has 0 unspecified atom stereocenters. The predicted molar refractivity (Wildman–Crippen MR) is 73.1 cm³/mol. The summed E-state index contributed by atoms with van der Waals surface area (Å²) in [5, 5.41) is 0. The Hall–Kier alpha value is -1.35. The van der Waals surface area contributed by atoms with Crippen molar-refractivity contribution in [2.75, 3.05) is 16.6 Å². The molecule has 0 aromatic heterocycles. The van der Waals surface area contributed by atoms with Crippen LogP contribution in [0.15, 0.2) is 18.2 Å². The number of anilines is 1. The van der Waals surface area contributed by atoms with E-state index in [1.165, 1.54) is 0 Å². The van der Waals surface area contributed by atoms with Gasteiger partial charge in [0.1, 0.15) is 4.99 Å². The number of alkyl halides is 3. The Morgan fingerprint density at radius 3 is 2.45 bits per heavy atom. The Kier molecular flexibility index (Phi) is 3.67. The van der Waals surface area contributed by atoms with E-state index in [1.807, 2.05) is 0 Å². The predicted octanol–water partition coefficient (Wildman–Crippen LogP) is 1.88. The molecule has 0 aliphatic carbocycles. The molecule has 1 saturated heterocycles. The van der Waals surface area contributed by atoms with Gasteiger partial charge in [0, 0.05) is 12.1 Å². The van der Waals surface area contributed by atoms with Crippen molar-refractivity contribution in [1.82, 2.24) is 0 Å². The van der Waals surface area contributed by atoms with E-state index >= 15 is 0 Å². The molecule has 1 aliphatic heterocycles. The van der Waals surface area contributed by atoms with Crippen molar-refractivity contribution in [2.24, 2.45) is 5.73 Å². The minimum Gasteiger partial charge on any atom is -0.389 e. The monoisotopic (exact) mass is 324 g/mol. The SMILES string of the molecule is NC(=S)c1cc(C(F)(F)F)ccc1N1CCCS1(=O)=O. The van der Waals surface area contributed by atoms with E-state index in [9.17, 15) is 21.6 Å². The highest BCUT2D eigenvalue weighted by Crippen LogP contribution is 2.34. The number of hydrogen-bond acceptors (Lipinski definition) is 3. The summed E-state index contributed by atoms with van der Waals surface area (Å²) in [5.41, 5.74) is 4.53. The van der Waals surface area contributed by atoms with Gasteiger partial charge in [0.2, 0.25) is 10.0 Å². The van der Waals surface area contributed by atoms with Crippen molar-refractivity contribution in [3.05, 3.63) is 29.3 Å². The van der Waals surface area contributed by atoms with Crippen molar-refractivity contribution < 1.29 is 21.6 Å². The van der Waals surface area contributed by atoms with Crippen LogP contribution < -0.4 is 10.0 Å². The van der Waals surface area contributed by atoms with Crippen molar-refractivity contribution in [3.63, 3.8) is 0 Å². The smallest absolute Gasteiger partial charge is 0.389 e. The number of halogens is 3. The van der Waals surface area contributed by atoms with Gasteiger partial charge in [0.05, 0.1) is 17.0 Å². The number of rotatable bonds is 2. The number of sulfonamides is 1. The Morgan fingerprint density at radius 1 is 1.35 bits per heavy atom. The van der Waals surface area contributed by atoms with E-state index in [2.05, 4.69) is 0 Å². The van der Waals surface area contributed by atoms with E-state index in [-0.39, 0.29) is 28.5 Å². The molecule has 0 spiro atoms. The van der Waals surface area contributed by atoms with E-state index < -0.39 is 21.8 Å². The molecule has 0 saturated carbocycles. The maximum Gasteiger partial charge on any atom is 0.416 e. The van der Waals surface area contributed by atoms with Crippen LogP contribution in [0.25, 0.3) is 0 Å². The quantitative estimate of drug-likeness (QED) is 0.844. The average Bonchev–Trinajstić information content (AvgIpc) is 2.66. The van der Waals surface area contributed by atoms with E-state index in [4.69, 9.17) is 18.0 Å². The Bertz CT molecular complexity index is 656. The molecule has 1 fully saturated rings. The molecule has 4 nitrogen and oxygen atoms in total. The van der Waals surface area contributed by atoms with Gasteiger partial charge in [0.25, 0.3) is 0 Å². The molecule has 20 heavy (non-hydrogen) atoms. The van der Waals surface area contributed by atoms with Gasteiger partial charge >= 0.3 is 6.18 Å². The number of thiocarbonyl (C=S) groups is 1. The lowest BCUT2D eigenvalue weighted by Crippen LogP contribution is -2.28. The zero-order valence-electron chi connectivity index (χ0n) is 10.1. The molecule has 2 N–H and O–H groups in total. The first-order chi connectivity index (χ1) is 9.13. The van der Waals surface area contributed by atoms with Crippen LogP contribution in [-0.4, -0.2) is 25.7 Å². The molecular formula is C11H11F3N2O2S2. The van der Waals surface area contributed by atoms with Gasteiger partial charge in [-0.25, -0.2) is 8.42 Å². The minimum absolute atomic E-state index is 0.0369. The lowest BCUT2D eigenvalue weighted by Gasteiger charge is -2.21. The maximum atomic E-state index is 12.7. The highest BCUT2D eigenvalue weighted by Gasteiger charge is 2.34. The standard InChI is InChI=1S/C11H11F3N2O2S2/c12-11(13,14)7-2-3-9(8(6-7)10(15)19)16-4-1-5-20(16,17)18/h2-3,6H,1,4-5H2,(H2,15,19). The summed E-state index contributed by atoms with van der Waals surface area (Å²) in [6, 6.07) is 2.70. The van der Waals surface area contributed by atoms with Crippen LogP contribution in [0.2, 0.25) is 0 Å². The van der Waals surface area contributed by atoms with Crippen molar-refractivity contribution in [2.45, 2.75) is 12.6 Å². The van der Waals surface area contributed by atoms with Crippen LogP contribution in [-0.2, 0) is 16.2 Å². The summed E-state index contributed by atoms with van der Waals surface area (Å²) < 4.78 is 62.8. The highest BCUT2D eigenvalue weighted by molar-refractivity contribution is 7.93. The van der Waals surface area contributed by atoms with Gasteiger partial charge in [-0.3, -0.25) is 4.31 Å². The van der Waals surface area contributed by atoms with Crippen LogP contribution >= 0.6 is 12.2 Å². The van der Waals surface area contributed by atoms with Gasteiger partial charge in [-0.2, -0.15) is 13.2 Å². The Balaban J connectivity index is 2.57. The van der Waals surface area contributed by atoms with Crippen molar-refractivity contribution in [3.8, 4) is 0 Å². The molecule has 1 heterocycles. The second-order valence-electron chi connectivity index (χ2n) is 4.34. The Labute approximate surface area is 119 Å². The zero-order valence-corrected chi connectivity index (χ0v) is 11.8. The second kappa shape index (κ2) is 4.88. The highest BCUT2D eigenvalue weighted by atomic mass is 32.2. The maximum absolute atomic E-state index is 12.7. The first-order valence-corrected chi connectivity index (χ1v) is 7.66. The molecule has 0 atom stereocenters. The van der Waals surface area contributed by atoms with Crippen molar-refractivity contribution >= 4 is 32.9 Å². The molecule has 1 aromatic carbocycles. The third-order valence-electron chi connectivity index (χ3n) is 2.96. The van der Waals surface area contributed by atoms with Crippen LogP contribution in [0.5, 0.6) is 0 Å². The normalized spacial score (nSPS) is 18.2. The van der Waals surface area contributed by atoms with Gasteiger partial charge in [-0.1, -0.05) is 12.2 Å². The summed E-state index contributed by atoms with van der Waals surface area (Å²) in [6.07, 6.45) is -4.12. The molecular weight excluding hydrogens is 313 g/mol. The topological polar surface area (TPSA) is 63.4 Å². The largest absolute Gasteiger partial charge is 0.416 e. The fourth-order valence-corrected chi connectivity index (χ4v) is 3.78. The van der Waals surface area contributed by atoms with Gasteiger partial charge in [-0.05, 0) is 24.6 Å². The number of nitrogens with zero attached hydrogens (tertiary/aromatic N) is 1. The Morgan fingerprint density at radius 2 is 2.00 bits per heavy atom. The molecule has 2 rings (SSSR count). The van der Waals surface area contributed by atoms with Crippen LogP contribution in [0.1, 0.15) is 17.5 Å². The molecule has 0 bridgehead atoms. The molecule has 0 amide bonds. The van der Waals surface area contributed by atoms with Gasteiger partial charge < -0.3 is 5.73 Å². The molecule has 110 valence electrons. The third kappa shape index (κ3) is 2.73. The molecule has 0 radical (unpaired) electrons. The summed E-state index contributed by atoms with van der Waals surface area (Å²) in [7, 11) is -3.51. The lowest BCUT2D eigenvalue weighted by atomic mass is 10.1. The fraction of sp³-hybridized carbons (Fsp3) is 0.364. The second-order valence-corrected chi connectivity index (χ2v) is 6.79. The third-order valence-corrected chi connectivity index (χ3v) is 5.03. The van der Waals surface area contributed by atoms with Crippen LogP contribution in [0.3, 0.4) is 0 Å². The average molecular weight is 324 g/mol. The summed E-state index contributed by atoms with van der Waals surface area (Å²) in [6.45, 7) is 0.212. The van der Waals surface area contributed by atoms with E-state index in [1.54, 1.807) is 0 Å². The van der Waals surface area contributed by atoms with Gasteiger partial charge in [-0.15, -0.1) is 0 Å².